The Morgan fingerprint density at radius 2 is 1.65 bits per heavy atom. The fourth-order valence-electron chi connectivity index (χ4n) is 4.95. The highest BCUT2D eigenvalue weighted by Gasteiger charge is 2.55. The molecule has 0 bridgehead atoms. The van der Waals surface area contributed by atoms with Crippen LogP contribution in [0.3, 0.4) is 0 Å². The van der Waals surface area contributed by atoms with Crippen molar-refractivity contribution in [3.63, 3.8) is 0 Å². The zero-order chi connectivity index (χ0) is 27.2. The Kier molecular flexibility index (Phi) is 12.4. The fourth-order valence-corrected chi connectivity index (χ4v) is 7.06. The predicted molar refractivity (Wildman–Crippen MR) is 156 cm³/mol. The number of rotatable bonds is 9. The first-order valence-electron chi connectivity index (χ1n) is 12.9. The Hall–Kier alpha value is -2.64. The summed E-state index contributed by atoms with van der Waals surface area (Å²) in [6.45, 7) is 4.20. The van der Waals surface area contributed by atoms with Crippen LogP contribution in [0, 0.1) is 0 Å². The van der Waals surface area contributed by atoms with E-state index in [1.807, 2.05) is 24.3 Å². The topological polar surface area (TPSA) is 132 Å². The highest BCUT2D eigenvalue weighted by atomic mass is 35.5. The highest BCUT2D eigenvalue weighted by molar-refractivity contribution is 7.91. The van der Waals surface area contributed by atoms with Gasteiger partial charge in [0.25, 0.3) is 11.8 Å². The van der Waals surface area contributed by atoms with E-state index >= 15 is 0 Å². The SMILES string of the molecule is CCCCOc1ccc(N2CCN(S(=O)(=O)C3(C(=O)NO)CCN(C(=O)c4ccccn4)CC3)CC2)cc1.Cl.Cl. The smallest absolute Gasteiger partial charge is 0.272 e. The van der Waals surface area contributed by atoms with E-state index in [-0.39, 0.29) is 75.4 Å². The standard InChI is InChI=1S/C26H35N5O6S.2ClH/c1-2-3-20-37-22-9-7-21(8-10-22)29-16-18-31(19-17-29)38(35,36)26(25(33)28-34)11-14-30(15-12-26)24(32)23-6-4-5-13-27-23;;/h4-10,13,34H,2-3,11-12,14-20H2,1H3,(H,28,33);2*1H. The maximum atomic E-state index is 13.8. The van der Waals surface area contributed by atoms with Crippen LogP contribution < -0.4 is 15.1 Å². The number of piperazine rings is 1. The number of piperidine rings is 1. The van der Waals surface area contributed by atoms with Gasteiger partial charge in [-0.25, -0.2) is 13.9 Å². The number of hydroxylamine groups is 1. The third-order valence-corrected chi connectivity index (χ3v) is 9.92. The number of halogens is 2. The molecule has 222 valence electrons. The van der Waals surface area contributed by atoms with Crippen molar-refractivity contribution in [2.45, 2.75) is 37.4 Å². The van der Waals surface area contributed by atoms with Gasteiger partial charge in [0.05, 0.1) is 6.61 Å². The summed E-state index contributed by atoms with van der Waals surface area (Å²) >= 11 is 0. The highest BCUT2D eigenvalue weighted by Crippen LogP contribution is 2.35. The van der Waals surface area contributed by atoms with E-state index < -0.39 is 20.7 Å². The lowest BCUT2D eigenvalue weighted by Crippen LogP contribution is -2.64. The van der Waals surface area contributed by atoms with Crippen molar-refractivity contribution in [1.82, 2.24) is 19.7 Å². The Labute approximate surface area is 247 Å². The van der Waals surface area contributed by atoms with Gasteiger partial charge in [0.1, 0.15) is 11.4 Å². The molecule has 40 heavy (non-hydrogen) atoms. The minimum absolute atomic E-state index is 0. The molecule has 2 aliphatic rings. The second-order valence-electron chi connectivity index (χ2n) is 9.53. The van der Waals surface area contributed by atoms with Gasteiger partial charge >= 0.3 is 0 Å². The Balaban J connectivity index is 0.00000280. The van der Waals surface area contributed by atoms with Crippen molar-refractivity contribution >= 4 is 52.3 Å². The molecule has 2 aliphatic heterocycles. The molecule has 0 radical (unpaired) electrons. The number of unbranched alkanes of at least 4 members (excludes halogenated alkanes) is 1. The Morgan fingerprint density at radius 1 is 1.00 bits per heavy atom. The molecule has 2 fully saturated rings. The number of ether oxygens (including phenoxy) is 1. The maximum Gasteiger partial charge on any atom is 0.272 e. The first-order chi connectivity index (χ1) is 18.3. The third kappa shape index (κ3) is 6.98. The van der Waals surface area contributed by atoms with Crippen molar-refractivity contribution in [1.29, 1.82) is 0 Å². The molecule has 2 amide bonds. The zero-order valence-corrected chi connectivity index (χ0v) is 24.8. The number of benzene rings is 1. The maximum absolute atomic E-state index is 13.8. The number of aromatic nitrogens is 1. The van der Waals surface area contributed by atoms with E-state index in [1.54, 1.807) is 23.7 Å². The average Bonchev–Trinajstić information content (AvgIpc) is 2.97. The number of carbonyl (C=O) groups excluding carboxylic acids is 2. The second kappa shape index (κ2) is 14.8. The normalized spacial score (nSPS) is 17.2. The van der Waals surface area contributed by atoms with E-state index in [0.717, 1.165) is 24.3 Å². The molecule has 14 heteroatoms. The molecule has 2 saturated heterocycles. The number of pyridine rings is 1. The van der Waals surface area contributed by atoms with Crippen LogP contribution in [0.5, 0.6) is 5.75 Å². The van der Waals surface area contributed by atoms with E-state index in [4.69, 9.17) is 4.74 Å². The van der Waals surface area contributed by atoms with Gasteiger partial charge in [-0.3, -0.25) is 19.8 Å². The molecule has 3 heterocycles. The molecule has 0 aliphatic carbocycles. The van der Waals surface area contributed by atoms with Gasteiger partial charge in [0.15, 0.2) is 4.75 Å². The van der Waals surface area contributed by atoms with Gasteiger partial charge in [-0.05, 0) is 55.7 Å². The lowest BCUT2D eigenvalue weighted by atomic mass is 9.94. The van der Waals surface area contributed by atoms with Crippen LogP contribution >= 0.6 is 24.8 Å². The van der Waals surface area contributed by atoms with Crippen molar-refractivity contribution < 1.29 is 28.0 Å². The van der Waals surface area contributed by atoms with Crippen molar-refractivity contribution in [3.8, 4) is 5.75 Å². The van der Waals surface area contributed by atoms with Crippen molar-refractivity contribution in [2.24, 2.45) is 0 Å². The third-order valence-electron chi connectivity index (χ3n) is 7.30. The van der Waals surface area contributed by atoms with Gasteiger partial charge < -0.3 is 14.5 Å². The molecule has 2 aromatic rings. The van der Waals surface area contributed by atoms with Gasteiger partial charge in [0.2, 0.25) is 10.0 Å². The predicted octanol–water partition coefficient (Wildman–Crippen LogP) is 2.74. The van der Waals surface area contributed by atoms with Crippen LogP contribution in [0.2, 0.25) is 0 Å². The number of sulfonamides is 1. The molecule has 0 saturated carbocycles. The summed E-state index contributed by atoms with van der Waals surface area (Å²) in [6.07, 6.45) is 3.32. The van der Waals surface area contributed by atoms with Crippen LogP contribution in [-0.2, 0) is 14.8 Å². The van der Waals surface area contributed by atoms with Crippen LogP contribution in [0.4, 0.5) is 5.69 Å². The van der Waals surface area contributed by atoms with Crippen LogP contribution in [0.25, 0.3) is 0 Å². The lowest BCUT2D eigenvalue weighted by molar-refractivity contribution is -0.133. The molecule has 2 N–H and O–H groups in total. The molecule has 0 atom stereocenters. The molecular weight excluding hydrogens is 581 g/mol. The Morgan fingerprint density at radius 3 is 2.20 bits per heavy atom. The summed E-state index contributed by atoms with van der Waals surface area (Å²) in [7, 11) is -4.14. The van der Waals surface area contributed by atoms with E-state index in [9.17, 15) is 23.2 Å². The minimum atomic E-state index is -4.14. The fraction of sp³-hybridized carbons (Fsp3) is 0.500. The van der Waals surface area contributed by atoms with Gasteiger partial charge in [-0.1, -0.05) is 19.4 Å². The quantitative estimate of drug-likeness (QED) is 0.249. The molecule has 0 spiro atoms. The van der Waals surface area contributed by atoms with Crippen LogP contribution in [0.1, 0.15) is 43.1 Å². The molecule has 11 nitrogen and oxygen atoms in total. The van der Waals surface area contributed by atoms with E-state index in [1.165, 1.54) is 15.4 Å². The number of nitrogens with one attached hydrogen (secondary N) is 1. The Bertz CT molecular complexity index is 1200. The second-order valence-corrected chi connectivity index (χ2v) is 11.8. The van der Waals surface area contributed by atoms with E-state index in [2.05, 4.69) is 16.8 Å². The van der Waals surface area contributed by atoms with Crippen molar-refractivity contribution in [2.75, 3.05) is 50.8 Å². The molecular formula is C26H37Cl2N5O6S. The first kappa shape index (κ1) is 33.6. The minimum Gasteiger partial charge on any atom is -0.494 e. The monoisotopic (exact) mass is 617 g/mol. The molecule has 1 aromatic heterocycles. The number of likely N-dealkylation sites (tertiary alicyclic amines) is 1. The summed E-state index contributed by atoms with van der Waals surface area (Å²) in [6, 6.07) is 12.7. The van der Waals surface area contributed by atoms with Crippen LogP contribution in [0.15, 0.2) is 48.7 Å². The van der Waals surface area contributed by atoms with Gasteiger partial charge in [-0.2, -0.15) is 4.31 Å². The zero-order valence-electron chi connectivity index (χ0n) is 22.4. The summed E-state index contributed by atoms with van der Waals surface area (Å²) in [5.74, 6) is -0.492. The number of hydrogen-bond acceptors (Lipinski definition) is 8. The number of carbonyl (C=O) groups is 2. The summed E-state index contributed by atoms with van der Waals surface area (Å²) in [4.78, 5) is 33.3. The summed E-state index contributed by atoms with van der Waals surface area (Å²) in [5, 5.41) is 9.46. The molecule has 0 unspecified atom stereocenters. The summed E-state index contributed by atoms with van der Waals surface area (Å²) in [5.41, 5.74) is 2.79. The number of nitrogens with zero attached hydrogens (tertiary/aromatic N) is 4. The van der Waals surface area contributed by atoms with Gasteiger partial charge in [0, 0.05) is 51.2 Å². The number of anilines is 1. The molecule has 4 rings (SSSR count). The van der Waals surface area contributed by atoms with E-state index in [0.29, 0.717) is 19.7 Å². The van der Waals surface area contributed by atoms with Gasteiger partial charge in [-0.15, -0.1) is 24.8 Å². The number of amides is 2. The largest absolute Gasteiger partial charge is 0.494 e. The van der Waals surface area contributed by atoms with Crippen molar-refractivity contribution in [3.05, 3.63) is 54.4 Å². The molecule has 1 aromatic carbocycles. The van der Waals surface area contributed by atoms with Crippen LogP contribution in [-0.4, -0.2) is 90.3 Å². The lowest BCUT2D eigenvalue weighted by Gasteiger charge is -2.44. The number of hydrogen-bond donors (Lipinski definition) is 2. The first-order valence-corrected chi connectivity index (χ1v) is 14.4. The average molecular weight is 619 g/mol. The summed E-state index contributed by atoms with van der Waals surface area (Å²) < 4.78 is 32.8.